The number of carbonyl (C=O) groups excluding carboxylic acids is 2. The van der Waals surface area contributed by atoms with Crippen molar-refractivity contribution in [3.8, 4) is 5.75 Å². The molecule has 9 heteroatoms. The van der Waals surface area contributed by atoms with Crippen LogP contribution in [0.3, 0.4) is 0 Å². The molecule has 4 aromatic rings. The van der Waals surface area contributed by atoms with Gasteiger partial charge in [0.25, 0.3) is 10.0 Å². The molecular weight excluding hydrogens is 598 g/mol. The van der Waals surface area contributed by atoms with Gasteiger partial charge in [-0.25, -0.2) is 8.42 Å². The fraction of sp³-hybridized carbons (Fsp3) is 0.297. The quantitative estimate of drug-likeness (QED) is 0.168. The molecule has 0 aromatic heterocycles. The van der Waals surface area contributed by atoms with Crippen molar-refractivity contribution < 1.29 is 22.7 Å². The number of carbonyl (C=O) groups is 2. The minimum absolute atomic E-state index is 0.0217. The number of nitrogens with zero attached hydrogens (tertiary/aromatic N) is 2. The molecule has 4 rings (SSSR count). The van der Waals surface area contributed by atoms with E-state index in [4.69, 9.17) is 4.74 Å². The van der Waals surface area contributed by atoms with Crippen molar-refractivity contribution in [3.63, 3.8) is 0 Å². The molecule has 0 fully saturated rings. The van der Waals surface area contributed by atoms with E-state index in [1.54, 1.807) is 42.5 Å². The number of hydrogen-bond acceptors (Lipinski definition) is 5. The largest absolute Gasteiger partial charge is 0.494 e. The van der Waals surface area contributed by atoms with Gasteiger partial charge in [-0.15, -0.1) is 0 Å². The number of para-hydroxylation sites is 1. The van der Waals surface area contributed by atoms with E-state index in [-0.39, 0.29) is 29.8 Å². The highest BCUT2D eigenvalue weighted by Gasteiger charge is 2.35. The summed E-state index contributed by atoms with van der Waals surface area (Å²) in [6, 6.07) is 30.9. The number of rotatable bonds is 15. The number of amides is 2. The summed E-state index contributed by atoms with van der Waals surface area (Å²) < 4.78 is 35.0. The molecule has 0 saturated heterocycles. The van der Waals surface area contributed by atoms with Crippen molar-refractivity contribution in [1.82, 2.24) is 10.2 Å². The highest BCUT2D eigenvalue weighted by Crippen LogP contribution is 2.26. The summed E-state index contributed by atoms with van der Waals surface area (Å²) in [6.07, 6.45) is 0.982. The predicted molar refractivity (Wildman–Crippen MR) is 182 cm³/mol. The van der Waals surface area contributed by atoms with Gasteiger partial charge in [0.15, 0.2) is 0 Å². The summed E-state index contributed by atoms with van der Waals surface area (Å²) in [5, 5.41) is 3.07. The average molecular weight is 642 g/mol. The van der Waals surface area contributed by atoms with E-state index in [0.717, 1.165) is 27.4 Å². The maximum Gasteiger partial charge on any atom is 0.264 e. The van der Waals surface area contributed by atoms with Crippen LogP contribution in [0.25, 0.3) is 0 Å². The lowest BCUT2D eigenvalue weighted by atomic mass is 10.0. The van der Waals surface area contributed by atoms with E-state index >= 15 is 0 Å². The second-order valence-corrected chi connectivity index (χ2v) is 13.1. The van der Waals surface area contributed by atoms with Crippen LogP contribution in [-0.2, 0) is 32.6 Å². The fourth-order valence-corrected chi connectivity index (χ4v) is 6.50. The third-order valence-electron chi connectivity index (χ3n) is 7.92. The molecule has 0 aliphatic rings. The van der Waals surface area contributed by atoms with Gasteiger partial charge >= 0.3 is 0 Å². The van der Waals surface area contributed by atoms with Crippen LogP contribution >= 0.6 is 0 Å². The van der Waals surface area contributed by atoms with Crippen molar-refractivity contribution in [2.45, 2.75) is 64.1 Å². The number of nitrogens with one attached hydrogen (secondary N) is 1. The van der Waals surface area contributed by atoms with Gasteiger partial charge < -0.3 is 15.0 Å². The van der Waals surface area contributed by atoms with Gasteiger partial charge in [-0.2, -0.15) is 0 Å². The van der Waals surface area contributed by atoms with Crippen molar-refractivity contribution in [2.75, 3.05) is 17.5 Å². The Labute approximate surface area is 273 Å². The van der Waals surface area contributed by atoms with E-state index in [9.17, 15) is 18.0 Å². The first kappa shape index (κ1) is 34.2. The number of hydrogen-bond donors (Lipinski definition) is 1. The van der Waals surface area contributed by atoms with Gasteiger partial charge in [0.05, 0.1) is 17.2 Å². The first-order valence-electron chi connectivity index (χ1n) is 15.6. The van der Waals surface area contributed by atoms with Crippen LogP contribution in [0.2, 0.25) is 0 Å². The lowest BCUT2D eigenvalue weighted by Crippen LogP contribution is -2.54. The molecule has 0 radical (unpaired) electrons. The summed E-state index contributed by atoms with van der Waals surface area (Å²) in [6.45, 7) is 7.78. The molecule has 0 unspecified atom stereocenters. The molecule has 0 heterocycles. The molecule has 0 saturated carbocycles. The second-order valence-electron chi connectivity index (χ2n) is 11.2. The Morgan fingerprint density at radius 3 is 2.04 bits per heavy atom. The molecular formula is C37H43N3O5S. The molecule has 0 bridgehead atoms. The second kappa shape index (κ2) is 16.1. The Kier molecular flexibility index (Phi) is 12.0. The van der Waals surface area contributed by atoms with Gasteiger partial charge in [-0.3, -0.25) is 13.9 Å². The van der Waals surface area contributed by atoms with Crippen LogP contribution < -0.4 is 14.4 Å². The number of sulfonamides is 1. The number of aryl methyl sites for hydroxylation is 1. The van der Waals surface area contributed by atoms with Crippen LogP contribution in [0, 0.1) is 6.92 Å². The monoisotopic (exact) mass is 641 g/mol. The van der Waals surface area contributed by atoms with Crippen molar-refractivity contribution in [2.24, 2.45) is 0 Å². The summed E-state index contributed by atoms with van der Waals surface area (Å²) in [4.78, 5) is 30.1. The zero-order valence-electron chi connectivity index (χ0n) is 26.9. The minimum Gasteiger partial charge on any atom is -0.494 e. The number of ether oxygens (including phenoxy) is 1. The van der Waals surface area contributed by atoms with Crippen LogP contribution in [0.4, 0.5) is 5.69 Å². The van der Waals surface area contributed by atoms with E-state index in [2.05, 4.69) is 5.32 Å². The van der Waals surface area contributed by atoms with Gasteiger partial charge in [0, 0.05) is 19.0 Å². The van der Waals surface area contributed by atoms with Crippen molar-refractivity contribution in [1.29, 1.82) is 0 Å². The normalized spacial score (nSPS) is 12.5. The first-order chi connectivity index (χ1) is 22.1. The van der Waals surface area contributed by atoms with Crippen LogP contribution in [0.1, 0.15) is 43.9 Å². The zero-order chi connectivity index (χ0) is 33.1. The van der Waals surface area contributed by atoms with Crippen molar-refractivity contribution >= 4 is 27.5 Å². The minimum atomic E-state index is -4.19. The molecule has 46 heavy (non-hydrogen) atoms. The third kappa shape index (κ3) is 8.75. The van der Waals surface area contributed by atoms with Crippen molar-refractivity contribution in [3.05, 3.63) is 126 Å². The molecule has 242 valence electrons. The molecule has 0 aliphatic heterocycles. The lowest BCUT2D eigenvalue weighted by molar-refractivity contribution is -0.140. The lowest BCUT2D eigenvalue weighted by Gasteiger charge is -2.34. The van der Waals surface area contributed by atoms with Gasteiger partial charge in [-0.05, 0) is 80.3 Å². The molecule has 0 aliphatic carbocycles. The van der Waals surface area contributed by atoms with Crippen LogP contribution in [0.5, 0.6) is 5.75 Å². The Hall–Kier alpha value is -4.63. The van der Waals surface area contributed by atoms with E-state index in [1.165, 1.54) is 17.0 Å². The Balaban J connectivity index is 1.79. The maximum atomic E-state index is 14.6. The zero-order valence-corrected chi connectivity index (χ0v) is 27.7. The maximum absolute atomic E-state index is 14.6. The van der Waals surface area contributed by atoms with E-state index in [1.807, 2.05) is 82.3 Å². The third-order valence-corrected chi connectivity index (χ3v) is 9.71. The summed E-state index contributed by atoms with van der Waals surface area (Å²) in [5.74, 6) is -0.244. The molecule has 0 spiro atoms. The van der Waals surface area contributed by atoms with Gasteiger partial charge in [-0.1, -0.05) is 79.7 Å². The molecule has 1 N–H and O–H groups in total. The predicted octanol–water partition coefficient (Wildman–Crippen LogP) is 6.14. The number of anilines is 1. The SMILES string of the molecule is CCOc1ccc(S(=O)(=O)N(CC(=O)N(Cc2ccccc2C)[C@@H](Cc2ccccc2)C(=O)N[C@@H](C)CC)c2ccccc2)cc1. The Bertz CT molecular complexity index is 1680. The smallest absolute Gasteiger partial charge is 0.264 e. The van der Waals surface area contributed by atoms with E-state index < -0.39 is 28.5 Å². The molecule has 2 amide bonds. The standard InChI is InChI=1S/C37H43N3O5S/c1-5-29(4)38-37(42)35(25-30-16-9-7-10-17-30)39(26-31-18-14-13-15-28(31)3)36(41)27-40(32-19-11-8-12-20-32)46(43,44)34-23-21-33(22-24-34)45-6-2/h7-24,29,35H,5-6,25-27H2,1-4H3,(H,38,42)/t29-,35-/m0/s1. The van der Waals surface area contributed by atoms with Gasteiger partial charge in [0.2, 0.25) is 11.8 Å². The highest BCUT2D eigenvalue weighted by atomic mass is 32.2. The summed E-state index contributed by atoms with van der Waals surface area (Å²) in [7, 11) is -4.19. The first-order valence-corrected chi connectivity index (χ1v) is 17.1. The Morgan fingerprint density at radius 1 is 0.826 bits per heavy atom. The van der Waals surface area contributed by atoms with Crippen LogP contribution in [-0.4, -0.2) is 50.4 Å². The Morgan fingerprint density at radius 2 is 1.43 bits per heavy atom. The number of benzene rings is 4. The molecule has 4 aromatic carbocycles. The van der Waals surface area contributed by atoms with Gasteiger partial charge in [0.1, 0.15) is 18.3 Å². The van der Waals surface area contributed by atoms with E-state index in [0.29, 0.717) is 18.0 Å². The average Bonchev–Trinajstić information content (AvgIpc) is 3.07. The topological polar surface area (TPSA) is 96.0 Å². The van der Waals surface area contributed by atoms with Crippen LogP contribution in [0.15, 0.2) is 114 Å². The summed E-state index contributed by atoms with van der Waals surface area (Å²) >= 11 is 0. The molecule has 8 nitrogen and oxygen atoms in total. The fourth-order valence-electron chi connectivity index (χ4n) is 5.09. The highest BCUT2D eigenvalue weighted by molar-refractivity contribution is 7.92. The molecule has 2 atom stereocenters. The summed E-state index contributed by atoms with van der Waals surface area (Å²) in [5.41, 5.74) is 3.05.